The molecule has 4 heterocycles. The van der Waals surface area contributed by atoms with Crippen molar-refractivity contribution in [2.75, 3.05) is 53.0 Å². The number of rotatable bonds is 10. The van der Waals surface area contributed by atoms with Crippen LogP contribution in [0.2, 0.25) is 0 Å². The highest BCUT2D eigenvalue weighted by atomic mass is 16.5. The van der Waals surface area contributed by atoms with Crippen molar-refractivity contribution in [2.45, 2.75) is 64.1 Å². The fourth-order valence-corrected chi connectivity index (χ4v) is 6.50. The Labute approximate surface area is 232 Å². The summed E-state index contributed by atoms with van der Waals surface area (Å²) in [5, 5.41) is 24.1. The second-order valence-corrected chi connectivity index (χ2v) is 11.7. The zero-order chi connectivity index (χ0) is 27.8. The third-order valence-electron chi connectivity index (χ3n) is 8.37. The number of nitrogens with one attached hydrogen (secondary N) is 1. The molecule has 0 saturated carbocycles. The molecule has 2 fully saturated rings. The number of ether oxygens (including phenoxy) is 2. The van der Waals surface area contributed by atoms with Crippen molar-refractivity contribution in [3.63, 3.8) is 0 Å². The molecule has 7 atom stereocenters. The number of fused-ring (bicyclic) bond motifs is 6. The number of nitrogens with two attached hydrogens (primary N) is 1. The van der Waals surface area contributed by atoms with E-state index in [1.54, 1.807) is 12.1 Å². The van der Waals surface area contributed by atoms with Crippen LogP contribution in [-0.2, 0) is 16.0 Å². The molecule has 0 aliphatic carbocycles. The summed E-state index contributed by atoms with van der Waals surface area (Å²) < 4.78 is 10.8. The van der Waals surface area contributed by atoms with Crippen molar-refractivity contribution in [2.24, 2.45) is 28.5 Å². The van der Waals surface area contributed by atoms with E-state index < -0.39 is 6.10 Å². The SMILES string of the molecule is COc1cc(CC[C@H](C[C@@H](O)CC[C@H]2CCN3C[C@H]4C[C@@H](C3)CN(CN=C(N)NC2)C4)OC(C)=O)ccc1O. The van der Waals surface area contributed by atoms with Crippen LogP contribution in [0, 0.1) is 17.8 Å². The van der Waals surface area contributed by atoms with E-state index in [2.05, 4.69) is 20.1 Å². The standard InChI is InChI=1S/C29H47N5O5/c1-20(35)39-26(7-4-21-5-8-27(37)28(12-21)38-2)13-25(36)6-3-22-9-10-33-15-23-11-24(16-33)18-34(17-23)19-32-29(30)31-14-22/h5,8,12,22-26,36-37H,3-4,6-7,9-11,13-19H2,1-2H3,(H3,30,31,32)/t22-,23-,24+,25-,26+/m0/s1. The van der Waals surface area contributed by atoms with Crippen LogP contribution in [0.5, 0.6) is 11.5 Å². The number of phenolic OH excluding ortho intramolecular Hbond substituents is 1. The van der Waals surface area contributed by atoms with E-state index in [0.717, 1.165) is 57.7 Å². The Bertz CT molecular complexity index is 961. The van der Waals surface area contributed by atoms with Crippen LogP contribution in [0.15, 0.2) is 23.2 Å². The Morgan fingerprint density at radius 2 is 1.95 bits per heavy atom. The second kappa shape index (κ2) is 14.2. The van der Waals surface area contributed by atoms with Gasteiger partial charge in [0, 0.05) is 46.1 Å². The summed E-state index contributed by atoms with van der Waals surface area (Å²) in [7, 11) is 1.51. The number of benzene rings is 1. The number of phenols is 1. The van der Waals surface area contributed by atoms with Crippen LogP contribution in [0.4, 0.5) is 0 Å². The topological polar surface area (TPSA) is 133 Å². The van der Waals surface area contributed by atoms with Crippen LogP contribution in [0.1, 0.15) is 51.0 Å². The number of hydrogen-bond donors (Lipinski definition) is 4. The van der Waals surface area contributed by atoms with Crippen molar-refractivity contribution in [3.8, 4) is 11.5 Å². The van der Waals surface area contributed by atoms with Crippen LogP contribution in [0.3, 0.4) is 0 Å². The number of aromatic hydroxyl groups is 1. The molecular formula is C29H47N5O5. The lowest BCUT2D eigenvalue weighted by Gasteiger charge is -2.45. The smallest absolute Gasteiger partial charge is 0.302 e. The van der Waals surface area contributed by atoms with E-state index in [4.69, 9.17) is 15.2 Å². The monoisotopic (exact) mass is 545 g/mol. The van der Waals surface area contributed by atoms with E-state index >= 15 is 0 Å². The number of hydrogen-bond acceptors (Lipinski definition) is 10. The molecule has 0 spiro atoms. The second-order valence-electron chi connectivity index (χ2n) is 11.7. The van der Waals surface area contributed by atoms with Gasteiger partial charge in [0.05, 0.1) is 19.9 Å². The average Bonchev–Trinajstić information content (AvgIpc) is 2.91. The zero-order valence-corrected chi connectivity index (χ0v) is 23.6. The zero-order valence-electron chi connectivity index (χ0n) is 23.6. The molecule has 5 N–H and O–H groups in total. The average molecular weight is 546 g/mol. The lowest BCUT2D eigenvalue weighted by Crippen LogP contribution is -2.52. The minimum atomic E-state index is -0.571. The van der Waals surface area contributed by atoms with Gasteiger partial charge >= 0.3 is 5.97 Å². The summed E-state index contributed by atoms with van der Waals surface area (Å²) in [4.78, 5) is 21.4. The minimum absolute atomic E-state index is 0.0904. The van der Waals surface area contributed by atoms with E-state index in [-0.39, 0.29) is 17.8 Å². The molecule has 2 saturated heterocycles. The highest BCUT2D eigenvalue weighted by molar-refractivity contribution is 5.77. The van der Waals surface area contributed by atoms with Gasteiger partial charge in [0.1, 0.15) is 6.10 Å². The van der Waals surface area contributed by atoms with Gasteiger partial charge in [0.2, 0.25) is 0 Å². The summed E-state index contributed by atoms with van der Waals surface area (Å²) in [6.45, 7) is 8.38. The number of methoxy groups -OCH3 is 1. The molecule has 4 bridgehead atoms. The van der Waals surface area contributed by atoms with Gasteiger partial charge in [-0.2, -0.15) is 0 Å². The Balaban J connectivity index is 1.30. The van der Waals surface area contributed by atoms with Crippen molar-refractivity contribution in [3.05, 3.63) is 23.8 Å². The first-order valence-corrected chi connectivity index (χ1v) is 14.5. The molecule has 0 amide bonds. The number of aliphatic hydroxyl groups excluding tert-OH is 1. The molecule has 2 unspecified atom stereocenters. The van der Waals surface area contributed by atoms with Crippen molar-refractivity contribution >= 4 is 11.9 Å². The van der Waals surface area contributed by atoms with Crippen LogP contribution in [-0.4, -0.2) is 97.2 Å². The number of aliphatic imine (C=N–C) groups is 1. The molecular weight excluding hydrogens is 498 g/mol. The summed E-state index contributed by atoms with van der Waals surface area (Å²) in [5.74, 6) is 2.44. The van der Waals surface area contributed by atoms with Crippen LogP contribution in [0.25, 0.3) is 0 Å². The predicted molar refractivity (Wildman–Crippen MR) is 151 cm³/mol. The first-order valence-electron chi connectivity index (χ1n) is 14.5. The van der Waals surface area contributed by atoms with E-state index in [0.29, 0.717) is 61.8 Å². The molecule has 0 radical (unpaired) electrons. The van der Waals surface area contributed by atoms with Crippen LogP contribution >= 0.6 is 0 Å². The molecule has 10 nitrogen and oxygen atoms in total. The third kappa shape index (κ3) is 9.25. The van der Waals surface area contributed by atoms with Crippen molar-refractivity contribution < 1.29 is 24.5 Å². The maximum atomic E-state index is 11.8. The molecule has 1 aromatic carbocycles. The van der Waals surface area contributed by atoms with Crippen molar-refractivity contribution in [1.82, 2.24) is 15.1 Å². The number of carbonyl (C=O) groups excluding carboxylic acids is 1. The molecule has 1 aromatic rings. The van der Waals surface area contributed by atoms with E-state index in [9.17, 15) is 15.0 Å². The first kappa shape index (κ1) is 29.4. The van der Waals surface area contributed by atoms with E-state index in [1.165, 1.54) is 20.5 Å². The first-order chi connectivity index (χ1) is 18.8. The highest BCUT2D eigenvalue weighted by Crippen LogP contribution is 2.30. The normalized spacial score (nSPS) is 28.7. The van der Waals surface area contributed by atoms with Gasteiger partial charge < -0.3 is 35.6 Å². The van der Waals surface area contributed by atoms with Crippen LogP contribution < -0.4 is 15.8 Å². The summed E-state index contributed by atoms with van der Waals surface area (Å²) in [6, 6.07) is 5.22. The molecule has 0 aromatic heterocycles. The molecule has 10 heteroatoms. The Hall–Kier alpha value is -2.56. The Morgan fingerprint density at radius 3 is 2.67 bits per heavy atom. The van der Waals surface area contributed by atoms with Crippen molar-refractivity contribution in [1.29, 1.82) is 0 Å². The van der Waals surface area contributed by atoms with Gasteiger partial charge in [0.15, 0.2) is 17.5 Å². The summed E-state index contributed by atoms with van der Waals surface area (Å²) in [5.41, 5.74) is 7.16. The maximum Gasteiger partial charge on any atom is 0.302 e. The summed E-state index contributed by atoms with van der Waals surface area (Å²) in [6.07, 6.45) is 4.52. The number of esters is 1. The lowest BCUT2D eigenvalue weighted by molar-refractivity contribution is -0.148. The van der Waals surface area contributed by atoms with Gasteiger partial charge in [-0.15, -0.1) is 0 Å². The van der Waals surface area contributed by atoms with Gasteiger partial charge in [-0.05, 0) is 80.5 Å². The highest BCUT2D eigenvalue weighted by Gasteiger charge is 2.34. The third-order valence-corrected chi connectivity index (χ3v) is 8.37. The fourth-order valence-electron chi connectivity index (χ4n) is 6.50. The van der Waals surface area contributed by atoms with Gasteiger partial charge in [-0.3, -0.25) is 9.69 Å². The van der Waals surface area contributed by atoms with Gasteiger partial charge in [-0.25, -0.2) is 4.99 Å². The van der Waals surface area contributed by atoms with Gasteiger partial charge in [0.25, 0.3) is 0 Å². The molecule has 4 aliphatic rings. The minimum Gasteiger partial charge on any atom is -0.504 e. The number of guanidine groups is 1. The maximum absolute atomic E-state index is 11.8. The number of nitrogens with zero attached hydrogens (tertiary/aromatic N) is 3. The predicted octanol–water partition coefficient (Wildman–Crippen LogP) is 1.93. The lowest BCUT2D eigenvalue weighted by atomic mass is 9.84. The molecule has 218 valence electrons. The number of aryl methyl sites for hydroxylation is 1. The number of aliphatic hydroxyl groups is 1. The molecule has 5 rings (SSSR count). The van der Waals surface area contributed by atoms with Gasteiger partial charge in [-0.1, -0.05) is 6.07 Å². The number of carbonyl (C=O) groups is 1. The fraction of sp³-hybridized carbons (Fsp3) is 0.724. The summed E-state index contributed by atoms with van der Waals surface area (Å²) >= 11 is 0. The number of piperidine rings is 2. The Kier molecular flexibility index (Phi) is 10.7. The molecule has 4 aliphatic heterocycles. The molecule has 39 heavy (non-hydrogen) atoms. The van der Waals surface area contributed by atoms with E-state index in [1.807, 2.05) is 6.07 Å². The quantitative estimate of drug-likeness (QED) is 0.326. The Morgan fingerprint density at radius 1 is 1.21 bits per heavy atom. The largest absolute Gasteiger partial charge is 0.504 e.